The maximum Gasteiger partial charge on any atom is 0.319 e. The van der Waals surface area contributed by atoms with Crippen molar-refractivity contribution in [3.63, 3.8) is 0 Å². The third-order valence-electron chi connectivity index (χ3n) is 2.72. The molecular formula is C13H19N3OS. The Balaban J connectivity index is 2.73. The highest BCUT2D eigenvalue weighted by molar-refractivity contribution is 7.16. The molecule has 1 rings (SSSR count). The van der Waals surface area contributed by atoms with E-state index in [0.717, 1.165) is 29.7 Å². The third kappa shape index (κ3) is 3.47. The first-order chi connectivity index (χ1) is 8.63. The molecular weight excluding hydrogens is 246 g/mol. The van der Waals surface area contributed by atoms with Gasteiger partial charge in [0.1, 0.15) is 11.1 Å². The zero-order valence-electron chi connectivity index (χ0n) is 11.1. The maximum atomic E-state index is 11.6. The fraction of sp³-hybridized carbons (Fsp3) is 0.538. The summed E-state index contributed by atoms with van der Waals surface area (Å²) in [5, 5.41) is 15.3. The second-order valence-electron chi connectivity index (χ2n) is 4.04. The quantitative estimate of drug-likeness (QED) is 0.801. The fourth-order valence-electron chi connectivity index (χ4n) is 1.74. The Labute approximate surface area is 112 Å². The zero-order chi connectivity index (χ0) is 13.5. The molecule has 0 saturated heterocycles. The molecule has 1 aromatic heterocycles. The smallest absolute Gasteiger partial charge is 0.319 e. The molecule has 5 heteroatoms. The summed E-state index contributed by atoms with van der Waals surface area (Å²) in [7, 11) is 0. The van der Waals surface area contributed by atoms with Gasteiger partial charge in [0.15, 0.2) is 0 Å². The van der Waals surface area contributed by atoms with E-state index in [0.29, 0.717) is 17.1 Å². The van der Waals surface area contributed by atoms with Gasteiger partial charge in [-0.2, -0.15) is 5.26 Å². The van der Waals surface area contributed by atoms with Crippen molar-refractivity contribution < 1.29 is 4.79 Å². The number of unbranched alkanes of at least 4 members (excludes halogenated alkanes) is 1. The van der Waals surface area contributed by atoms with E-state index in [1.807, 2.05) is 13.8 Å². The molecule has 2 amide bonds. The number of aryl methyl sites for hydroxylation is 1. The number of carbonyl (C=O) groups is 1. The van der Waals surface area contributed by atoms with E-state index in [4.69, 9.17) is 5.26 Å². The van der Waals surface area contributed by atoms with Crippen molar-refractivity contribution in [2.24, 2.45) is 0 Å². The first kappa shape index (κ1) is 14.5. The first-order valence-electron chi connectivity index (χ1n) is 6.21. The Morgan fingerprint density at radius 3 is 2.72 bits per heavy atom. The molecule has 0 aliphatic heterocycles. The van der Waals surface area contributed by atoms with Gasteiger partial charge in [-0.25, -0.2) is 4.79 Å². The molecule has 98 valence electrons. The molecule has 0 atom stereocenters. The highest BCUT2D eigenvalue weighted by Crippen LogP contribution is 2.32. The summed E-state index contributed by atoms with van der Waals surface area (Å²) in [6.45, 7) is 6.73. The number of rotatable bonds is 5. The summed E-state index contributed by atoms with van der Waals surface area (Å²) in [4.78, 5) is 12.7. The van der Waals surface area contributed by atoms with Crippen LogP contribution in [0.4, 0.5) is 9.80 Å². The summed E-state index contributed by atoms with van der Waals surface area (Å²) >= 11 is 1.46. The van der Waals surface area contributed by atoms with Crippen molar-refractivity contribution in [3.05, 3.63) is 16.0 Å². The average molecular weight is 265 g/mol. The topological polar surface area (TPSA) is 64.9 Å². The van der Waals surface area contributed by atoms with Crippen molar-refractivity contribution in [2.45, 2.75) is 40.0 Å². The molecule has 2 N–H and O–H groups in total. The van der Waals surface area contributed by atoms with Crippen LogP contribution in [0.25, 0.3) is 0 Å². The van der Waals surface area contributed by atoms with Crippen LogP contribution in [0.2, 0.25) is 0 Å². The van der Waals surface area contributed by atoms with Crippen LogP contribution >= 0.6 is 11.3 Å². The van der Waals surface area contributed by atoms with E-state index in [1.54, 1.807) is 0 Å². The summed E-state index contributed by atoms with van der Waals surface area (Å²) < 4.78 is 0. The number of nitrogens with zero attached hydrogens (tertiary/aromatic N) is 1. The van der Waals surface area contributed by atoms with Crippen LogP contribution in [0.1, 0.15) is 42.7 Å². The molecule has 0 unspecified atom stereocenters. The Morgan fingerprint density at radius 1 is 1.44 bits per heavy atom. The van der Waals surface area contributed by atoms with E-state index in [2.05, 4.69) is 23.6 Å². The van der Waals surface area contributed by atoms with Crippen LogP contribution < -0.4 is 10.6 Å². The van der Waals surface area contributed by atoms with Crippen molar-refractivity contribution >= 4 is 22.4 Å². The van der Waals surface area contributed by atoms with Crippen molar-refractivity contribution in [3.8, 4) is 6.07 Å². The van der Waals surface area contributed by atoms with Gasteiger partial charge in [0, 0.05) is 11.4 Å². The number of hydrogen-bond acceptors (Lipinski definition) is 3. The molecule has 1 heterocycles. The minimum Gasteiger partial charge on any atom is -0.338 e. The number of carbonyl (C=O) groups excluding carboxylic acids is 1. The summed E-state index contributed by atoms with van der Waals surface area (Å²) in [6.07, 6.45) is 2.81. The van der Waals surface area contributed by atoms with Crippen molar-refractivity contribution in [2.75, 3.05) is 11.9 Å². The van der Waals surface area contributed by atoms with Gasteiger partial charge in [-0.3, -0.25) is 5.32 Å². The van der Waals surface area contributed by atoms with Gasteiger partial charge in [0.05, 0.1) is 5.56 Å². The summed E-state index contributed by atoms with van der Waals surface area (Å²) in [6, 6.07) is 1.94. The van der Waals surface area contributed by atoms with Gasteiger partial charge in [-0.15, -0.1) is 11.3 Å². The normalized spacial score (nSPS) is 9.89. The first-order valence-corrected chi connectivity index (χ1v) is 7.02. The molecule has 4 nitrogen and oxygen atoms in total. The number of nitriles is 1. The van der Waals surface area contributed by atoms with Gasteiger partial charge in [-0.05, 0) is 25.3 Å². The Kier molecular flexibility index (Phi) is 5.66. The molecule has 1 aromatic rings. The fourth-order valence-corrected chi connectivity index (χ4v) is 2.83. The molecule has 0 aromatic carbocycles. The third-order valence-corrected chi connectivity index (χ3v) is 3.78. The Morgan fingerprint density at radius 2 is 2.17 bits per heavy atom. The monoisotopic (exact) mass is 265 g/mol. The molecule has 0 saturated carbocycles. The number of hydrogen-bond donors (Lipinski definition) is 2. The second kappa shape index (κ2) is 7.02. The standard InChI is InChI=1S/C13H19N3OS/c1-4-6-7-15-13(17)16-12-11(8-14)10(5-2)9(3)18-12/h4-7H2,1-3H3,(H2,15,16,17). The minimum atomic E-state index is -0.233. The largest absolute Gasteiger partial charge is 0.338 e. The van der Waals surface area contributed by atoms with Crippen LogP contribution in [0.3, 0.4) is 0 Å². The van der Waals surface area contributed by atoms with Crippen LogP contribution in [-0.2, 0) is 6.42 Å². The molecule has 0 aliphatic carbocycles. The van der Waals surface area contributed by atoms with Crippen molar-refractivity contribution in [1.82, 2.24) is 5.32 Å². The second-order valence-corrected chi connectivity index (χ2v) is 5.27. The van der Waals surface area contributed by atoms with E-state index >= 15 is 0 Å². The predicted molar refractivity (Wildman–Crippen MR) is 75.1 cm³/mol. The average Bonchev–Trinajstić information content (AvgIpc) is 2.64. The van der Waals surface area contributed by atoms with Gasteiger partial charge >= 0.3 is 6.03 Å². The molecule has 0 aliphatic rings. The lowest BCUT2D eigenvalue weighted by Crippen LogP contribution is -2.29. The molecule has 0 bridgehead atoms. The summed E-state index contributed by atoms with van der Waals surface area (Å²) in [5.74, 6) is 0. The number of anilines is 1. The van der Waals surface area contributed by atoms with E-state index in [-0.39, 0.29) is 6.03 Å². The van der Waals surface area contributed by atoms with Crippen LogP contribution in [-0.4, -0.2) is 12.6 Å². The number of urea groups is 1. The van der Waals surface area contributed by atoms with Crippen LogP contribution in [0.5, 0.6) is 0 Å². The minimum absolute atomic E-state index is 0.233. The van der Waals surface area contributed by atoms with Gasteiger partial charge < -0.3 is 5.32 Å². The zero-order valence-corrected chi connectivity index (χ0v) is 11.9. The van der Waals surface area contributed by atoms with E-state index < -0.39 is 0 Å². The molecule has 0 radical (unpaired) electrons. The van der Waals surface area contributed by atoms with Gasteiger partial charge in [0.2, 0.25) is 0 Å². The number of thiophene rings is 1. The maximum absolute atomic E-state index is 11.6. The number of amides is 2. The lowest BCUT2D eigenvalue weighted by molar-refractivity contribution is 0.252. The Hall–Kier alpha value is -1.54. The predicted octanol–water partition coefficient (Wildman–Crippen LogP) is 3.41. The molecule has 18 heavy (non-hydrogen) atoms. The lowest BCUT2D eigenvalue weighted by Gasteiger charge is -2.05. The van der Waals surface area contributed by atoms with E-state index in [1.165, 1.54) is 11.3 Å². The SMILES string of the molecule is CCCCNC(=O)Nc1sc(C)c(CC)c1C#N. The lowest BCUT2D eigenvalue weighted by atomic mass is 10.1. The molecule has 0 fully saturated rings. The van der Waals surface area contributed by atoms with Crippen LogP contribution in [0, 0.1) is 18.3 Å². The van der Waals surface area contributed by atoms with Crippen LogP contribution in [0.15, 0.2) is 0 Å². The van der Waals surface area contributed by atoms with E-state index in [9.17, 15) is 4.79 Å². The number of nitrogens with one attached hydrogen (secondary N) is 2. The highest BCUT2D eigenvalue weighted by atomic mass is 32.1. The van der Waals surface area contributed by atoms with Gasteiger partial charge in [0.25, 0.3) is 0 Å². The summed E-state index contributed by atoms with van der Waals surface area (Å²) in [5.41, 5.74) is 1.64. The highest BCUT2D eigenvalue weighted by Gasteiger charge is 2.15. The van der Waals surface area contributed by atoms with Gasteiger partial charge in [-0.1, -0.05) is 20.3 Å². The Bertz CT molecular complexity index is 460. The molecule has 0 spiro atoms. The van der Waals surface area contributed by atoms with Crippen molar-refractivity contribution in [1.29, 1.82) is 5.26 Å².